The number of esters is 1. The van der Waals surface area contributed by atoms with Gasteiger partial charge in [0.25, 0.3) is 5.91 Å². The first kappa shape index (κ1) is 18.2. The molecule has 1 amide bonds. The molecule has 1 heterocycles. The highest BCUT2D eigenvalue weighted by Gasteiger charge is 2.17. The summed E-state index contributed by atoms with van der Waals surface area (Å²) in [5.41, 5.74) is 3.37. The zero-order chi connectivity index (χ0) is 19.4. The topological polar surface area (TPSA) is 104 Å². The van der Waals surface area contributed by atoms with Gasteiger partial charge in [-0.3, -0.25) is 4.79 Å². The standard InChI is InChI=1S/C20H19N3O4/c1-12-3-5-14(6-4-12)7-10-18(24)27-13(2)19(25)21-15-8-9-16-17(11-15)23-20(26)22-16/h3-11,13H,1-2H3,(H,21,25)(H2,22,23,26)/b10-7+/t13-/m0/s1. The number of carbonyl (C=O) groups is 2. The van der Waals surface area contributed by atoms with Crippen LogP contribution in [0.15, 0.2) is 53.3 Å². The highest BCUT2D eigenvalue weighted by molar-refractivity contribution is 5.97. The van der Waals surface area contributed by atoms with E-state index in [4.69, 9.17) is 4.74 Å². The number of ether oxygens (including phenoxy) is 1. The van der Waals surface area contributed by atoms with Crippen LogP contribution in [0.2, 0.25) is 0 Å². The highest BCUT2D eigenvalue weighted by Crippen LogP contribution is 2.15. The molecule has 138 valence electrons. The predicted molar refractivity (Wildman–Crippen MR) is 103 cm³/mol. The molecule has 0 radical (unpaired) electrons. The number of hydrogen-bond donors (Lipinski definition) is 3. The van der Waals surface area contributed by atoms with Gasteiger partial charge in [-0.05, 0) is 43.7 Å². The van der Waals surface area contributed by atoms with Gasteiger partial charge in [0.05, 0.1) is 11.0 Å². The Hall–Kier alpha value is -3.61. The summed E-state index contributed by atoms with van der Waals surface area (Å²) in [7, 11) is 0. The summed E-state index contributed by atoms with van der Waals surface area (Å²) in [6.07, 6.45) is 1.94. The number of anilines is 1. The molecule has 0 saturated heterocycles. The van der Waals surface area contributed by atoms with Crippen molar-refractivity contribution in [2.45, 2.75) is 20.0 Å². The fourth-order valence-electron chi connectivity index (χ4n) is 2.46. The molecule has 0 spiro atoms. The molecule has 3 N–H and O–H groups in total. The average molecular weight is 365 g/mol. The molecule has 0 fully saturated rings. The molecule has 27 heavy (non-hydrogen) atoms. The largest absolute Gasteiger partial charge is 0.449 e. The molecule has 0 saturated carbocycles. The summed E-state index contributed by atoms with van der Waals surface area (Å²) in [6, 6.07) is 12.6. The normalized spacial score (nSPS) is 12.2. The number of aromatic amines is 2. The average Bonchev–Trinajstić information content (AvgIpc) is 3.00. The van der Waals surface area contributed by atoms with E-state index in [-0.39, 0.29) is 5.69 Å². The predicted octanol–water partition coefficient (Wildman–Crippen LogP) is 2.75. The number of aryl methyl sites for hydroxylation is 1. The molecular weight excluding hydrogens is 346 g/mol. The fraction of sp³-hybridized carbons (Fsp3) is 0.150. The number of carbonyl (C=O) groups excluding carboxylic acids is 2. The number of fused-ring (bicyclic) bond motifs is 1. The third-order valence-electron chi connectivity index (χ3n) is 3.93. The van der Waals surface area contributed by atoms with Crippen LogP contribution in [0.3, 0.4) is 0 Å². The van der Waals surface area contributed by atoms with Crippen LogP contribution in [0.1, 0.15) is 18.1 Å². The zero-order valence-corrected chi connectivity index (χ0v) is 14.9. The Balaban J connectivity index is 1.58. The van der Waals surface area contributed by atoms with E-state index < -0.39 is 18.0 Å². The highest BCUT2D eigenvalue weighted by atomic mass is 16.5. The van der Waals surface area contributed by atoms with Gasteiger partial charge in [-0.2, -0.15) is 0 Å². The van der Waals surface area contributed by atoms with E-state index in [9.17, 15) is 14.4 Å². The van der Waals surface area contributed by atoms with E-state index in [1.165, 1.54) is 13.0 Å². The van der Waals surface area contributed by atoms with Crippen molar-refractivity contribution >= 4 is 34.7 Å². The third-order valence-corrected chi connectivity index (χ3v) is 3.93. The summed E-state index contributed by atoms with van der Waals surface area (Å²) in [5.74, 6) is -1.08. The van der Waals surface area contributed by atoms with Crippen molar-refractivity contribution in [2.24, 2.45) is 0 Å². The SMILES string of the molecule is Cc1ccc(/C=C/C(=O)O[C@@H](C)C(=O)Nc2ccc3[nH]c(=O)[nH]c3c2)cc1. The van der Waals surface area contributed by atoms with Gasteiger partial charge >= 0.3 is 11.7 Å². The van der Waals surface area contributed by atoms with Crippen LogP contribution in [0.5, 0.6) is 0 Å². The fourth-order valence-corrected chi connectivity index (χ4v) is 2.46. The third kappa shape index (κ3) is 4.72. The number of rotatable bonds is 5. The Morgan fingerprint density at radius 1 is 1.07 bits per heavy atom. The van der Waals surface area contributed by atoms with Crippen molar-refractivity contribution in [1.29, 1.82) is 0 Å². The van der Waals surface area contributed by atoms with Crippen LogP contribution in [0, 0.1) is 6.92 Å². The van der Waals surface area contributed by atoms with E-state index in [1.54, 1.807) is 24.3 Å². The zero-order valence-electron chi connectivity index (χ0n) is 14.9. The van der Waals surface area contributed by atoms with E-state index >= 15 is 0 Å². The van der Waals surface area contributed by atoms with Gasteiger partial charge in [-0.25, -0.2) is 9.59 Å². The van der Waals surface area contributed by atoms with Gasteiger partial charge in [0.15, 0.2) is 6.10 Å². The molecule has 0 aliphatic carbocycles. The molecule has 0 aliphatic heterocycles. The lowest BCUT2D eigenvalue weighted by Gasteiger charge is -2.12. The molecule has 0 aliphatic rings. The molecule has 3 aromatic rings. The van der Waals surface area contributed by atoms with Crippen LogP contribution >= 0.6 is 0 Å². The van der Waals surface area contributed by atoms with Gasteiger partial charge in [0.2, 0.25) is 0 Å². The molecule has 1 aromatic heterocycles. The van der Waals surface area contributed by atoms with Gasteiger partial charge < -0.3 is 20.0 Å². The molecular formula is C20H19N3O4. The summed E-state index contributed by atoms with van der Waals surface area (Å²) >= 11 is 0. The van der Waals surface area contributed by atoms with E-state index in [0.29, 0.717) is 16.7 Å². The maximum absolute atomic E-state index is 12.2. The van der Waals surface area contributed by atoms with Gasteiger partial charge in [0.1, 0.15) is 0 Å². The minimum absolute atomic E-state index is 0.323. The minimum atomic E-state index is -0.971. The van der Waals surface area contributed by atoms with Crippen molar-refractivity contribution in [3.05, 3.63) is 70.2 Å². The molecule has 2 aromatic carbocycles. The Bertz CT molecular complexity index is 1060. The van der Waals surface area contributed by atoms with Crippen LogP contribution in [0.4, 0.5) is 5.69 Å². The molecule has 0 bridgehead atoms. The second kappa shape index (κ2) is 7.74. The smallest absolute Gasteiger partial charge is 0.331 e. The molecule has 7 nitrogen and oxygen atoms in total. The molecule has 1 atom stereocenters. The molecule has 0 unspecified atom stereocenters. The second-order valence-corrected chi connectivity index (χ2v) is 6.15. The van der Waals surface area contributed by atoms with Crippen molar-refractivity contribution in [3.63, 3.8) is 0 Å². The summed E-state index contributed by atoms with van der Waals surface area (Å²) in [4.78, 5) is 40.6. The van der Waals surface area contributed by atoms with Crippen LogP contribution in [-0.4, -0.2) is 27.9 Å². The van der Waals surface area contributed by atoms with Crippen LogP contribution in [-0.2, 0) is 14.3 Å². The number of benzene rings is 2. The minimum Gasteiger partial charge on any atom is -0.449 e. The van der Waals surface area contributed by atoms with Gasteiger partial charge in [-0.15, -0.1) is 0 Å². The van der Waals surface area contributed by atoms with E-state index in [0.717, 1.165) is 11.1 Å². The lowest BCUT2D eigenvalue weighted by atomic mass is 10.1. The van der Waals surface area contributed by atoms with Crippen molar-refractivity contribution in [2.75, 3.05) is 5.32 Å². The monoisotopic (exact) mass is 365 g/mol. The van der Waals surface area contributed by atoms with Crippen LogP contribution in [0.25, 0.3) is 17.1 Å². The number of imidazole rings is 1. The number of hydrogen-bond acceptors (Lipinski definition) is 4. The van der Waals surface area contributed by atoms with E-state index in [1.807, 2.05) is 31.2 Å². The van der Waals surface area contributed by atoms with Crippen molar-refractivity contribution < 1.29 is 14.3 Å². The Morgan fingerprint density at radius 2 is 1.78 bits per heavy atom. The second-order valence-electron chi connectivity index (χ2n) is 6.15. The number of amides is 1. The van der Waals surface area contributed by atoms with Gasteiger partial charge in [0, 0.05) is 11.8 Å². The first-order valence-corrected chi connectivity index (χ1v) is 8.39. The quantitative estimate of drug-likeness (QED) is 0.478. The summed E-state index contributed by atoms with van der Waals surface area (Å²) < 4.78 is 5.12. The Kier molecular flexibility index (Phi) is 5.21. The maximum atomic E-state index is 12.2. The van der Waals surface area contributed by atoms with Crippen LogP contribution < -0.4 is 11.0 Å². The lowest BCUT2D eigenvalue weighted by Crippen LogP contribution is -2.29. The molecule has 7 heteroatoms. The number of H-pyrrole nitrogens is 2. The summed E-state index contributed by atoms with van der Waals surface area (Å²) in [6.45, 7) is 3.47. The van der Waals surface area contributed by atoms with Gasteiger partial charge in [-0.1, -0.05) is 29.8 Å². The first-order chi connectivity index (χ1) is 12.9. The maximum Gasteiger partial charge on any atom is 0.331 e. The number of nitrogens with one attached hydrogen (secondary N) is 3. The van der Waals surface area contributed by atoms with E-state index in [2.05, 4.69) is 15.3 Å². The summed E-state index contributed by atoms with van der Waals surface area (Å²) in [5, 5.41) is 2.65. The van der Waals surface area contributed by atoms with Crippen molar-refractivity contribution in [3.8, 4) is 0 Å². The lowest BCUT2D eigenvalue weighted by molar-refractivity contribution is -0.148. The first-order valence-electron chi connectivity index (χ1n) is 8.39. The van der Waals surface area contributed by atoms with Crippen molar-refractivity contribution in [1.82, 2.24) is 9.97 Å². The molecule has 3 rings (SSSR count). The Morgan fingerprint density at radius 3 is 2.52 bits per heavy atom. The number of aromatic nitrogens is 2. The Labute approximate surface area is 155 Å².